The summed E-state index contributed by atoms with van der Waals surface area (Å²) in [5.41, 5.74) is 1.69. The van der Waals surface area contributed by atoms with E-state index >= 15 is 0 Å². The molecule has 0 aromatic heterocycles. The van der Waals surface area contributed by atoms with Crippen LogP contribution in [-0.2, 0) is 16.0 Å². The SMILES string of the molecule is O=C1C[C@@H]([NH2+]CCc2ccccc2)C(=O)N1c1ccc(Cl)c(Cl)c1. The average molecular weight is 364 g/mol. The minimum Gasteiger partial charge on any atom is -0.335 e. The van der Waals surface area contributed by atoms with Crippen molar-refractivity contribution >= 4 is 40.7 Å². The Balaban J connectivity index is 1.64. The maximum atomic E-state index is 12.6. The Morgan fingerprint density at radius 2 is 1.79 bits per heavy atom. The van der Waals surface area contributed by atoms with Gasteiger partial charge in [0.25, 0.3) is 5.91 Å². The molecule has 1 atom stereocenters. The first-order chi connectivity index (χ1) is 11.6. The Morgan fingerprint density at radius 1 is 1.04 bits per heavy atom. The van der Waals surface area contributed by atoms with Gasteiger partial charge in [0, 0.05) is 6.42 Å². The van der Waals surface area contributed by atoms with Crippen LogP contribution in [0, 0.1) is 0 Å². The van der Waals surface area contributed by atoms with E-state index in [4.69, 9.17) is 23.2 Å². The lowest BCUT2D eigenvalue weighted by Gasteiger charge is -2.15. The number of amides is 2. The summed E-state index contributed by atoms with van der Waals surface area (Å²) in [4.78, 5) is 26.0. The molecule has 124 valence electrons. The van der Waals surface area contributed by atoms with Crippen molar-refractivity contribution in [3.05, 3.63) is 64.1 Å². The molecule has 0 aliphatic carbocycles. The van der Waals surface area contributed by atoms with Gasteiger partial charge in [0.15, 0.2) is 6.04 Å². The fourth-order valence-corrected chi connectivity index (χ4v) is 3.12. The van der Waals surface area contributed by atoms with Crippen LogP contribution in [0.3, 0.4) is 0 Å². The molecule has 0 unspecified atom stereocenters. The molecule has 0 bridgehead atoms. The molecule has 2 N–H and O–H groups in total. The van der Waals surface area contributed by atoms with Gasteiger partial charge in [0.1, 0.15) is 0 Å². The van der Waals surface area contributed by atoms with E-state index < -0.39 is 0 Å². The number of carbonyl (C=O) groups excluding carboxylic acids is 2. The van der Waals surface area contributed by atoms with Crippen LogP contribution >= 0.6 is 23.2 Å². The number of anilines is 1. The standard InChI is InChI=1S/C18H16Cl2N2O2/c19-14-7-6-13(10-15(14)20)22-17(23)11-16(18(22)24)21-9-8-12-4-2-1-3-5-12/h1-7,10,16,21H,8-9,11H2/p+1/t16-/m1/s1. The minimum atomic E-state index is -0.379. The lowest BCUT2D eigenvalue weighted by Crippen LogP contribution is -2.92. The van der Waals surface area contributed by atoms with Crippen LogP contribution in [0.15, 0.2) is 48.5 Å². The molecule has 1 heterocycles. The predicted octanol–water partition coefficient (Wildman–Crippen LogP) is 2.43. The molecule has 2 amide bonds. The van der Waals surface area contributed by atoms with E-state index in [-0.39, 0.29) is 24.3 Å². The monoisotopic (exact) mass is 363 g/mol. The van der Waals surface area contributed by atoms with Gasteiger partial charge >= 0.3 is 0 Å². The van der Waals surface area contributed by atoms with Crippen LogP contribution in [0.1, 0.15) is 12.0 Å². The maximum Gasteiger partial charge on any atom is 0.292 e. The van der Waals surface area contributed by atoms with Crippen molar-refractivity contribution in [2.45, 2.75) is 18.9 Å². The smallest absolute Gasteiger partial charge is 0.292 e. The highest BCUT2D eigenvalue weighted by Crippen LogP contribution is 2.29. The normalized spacial score (nSPS) is 17.6. The zero-order valence-electron chi connectivity index (χ0n) is 12.9. The number of halogens is 2. The zero-order chi connectivity index (χ0) is 17.1. The fraction of sp³-hybridized carbons (Fsp3) is 0.222. The number of nitrogens with zero attached hydrogens (tertiary/aromatic N) is 1. The number of imide groups is 1. The quantitative estimate of drug-likeness (QED) is 0.829. The van der Waals surface area contributed by atoms with Crippen LogP contribution in [0.4, 0.5) is 5.69 Å². The summed E-state index contributed by atoms with van der Waals surface area (Å²) in [7, 11) is 0. The van der Waals surface area contributed by atoms with Gasteiger partial charge in [-0.05, 0) is 23.8 Å². The molecule has 1 aliphatic rings. The third kappa shape index (κ3) is 3.61. The number of rotatable bonds is 5. The summed E-state index contributed by atoms with van der Waals surface area (Å²) in [6.45, 7) is 0.753. The van der Waals surface area contributed by atoms with E-state index in [0.717, 1.165) is 13.0 Å². The Bertz CT molecular complexity index is 765. The topological polar surface area (TPSA) is 54.0 Å². The van der Waals surface area contributed by atoms with Gasteiger partial charge in [-0.15, -0.1) is 0 Å². The Morgan fingerprint density at radius 3 is 2.50 bits per heavy atom. The molecule has 0 spiro atoms. The van der Waals surface area contributed by atoms with Gasteiger partial charge in [-0.1, -0.05) is 53.5 Å². The second kappa shape index (κ2) is 7.34. The van der Waals surface area contributed by atoms with E-state index in [0.29, 0.717) is 15.7 Å². The summed E-state index contributed by atoms with van der Waals surface area (Å²) in [6.07, 6.45) is 1.06. The van der Waals surface area contributed by atoms with Crippen molar-refractivity contribution in [2.75, 3.05) is 11.4 Å². The van der Waals surface area contributed by atoms with Gasteiger partial charge in [-0.25, -0.2) is 4.90 Å². The number of benzene rings is 2. The van der Waals surface area contributed by atoms with Gasteiger partial charge in [-0.3, -0.25) is 9.59 Å². The molecular weight excluding hydrogens is 347 g/mol. The van der Waals surface area contributed by atoms with Crippen molar-refractivity contribution in [3.63, 3.8) is 0 Å². The molecule has 1 aliphatic heterocycles. The molecule has 4 nitrogen and oxygen atoms in total. The van der Waals surface area contributed by atoms with Crippen LogP contribution in [0.25, 0.3) is 0 Å². The van der Waals surface area contributed by atoms with Crippen LogP contribution in [0.5, 0.6) is 0 Å². The number of carbonyl (C=O) groups is 2. The Hall–Kier alpha value is -1.88. The van der Waals surface area contributed by atoms with E-state index in [1.165, 1.54) is 10.5 Å². The molecule has 2 aromatic carbocycles. The first-order valence-electron chi connectivity index (χ1n) is 7.75. The second-order valence-corrected chi connectivity index (χ2v) is 6.55. The molecule has 24 heavy (non-hydrogen) atoms. The van der Waals surface area contributed by atoms with E-state index in [9.17, 15) is 9.59 Å². The lowest BCUT2D eigenvalue weighted by molar-refractivity contribution is -0.674. The van der Waals surface area contributed by atoms with Gasteiger partial charge < -0.3 is 5.32 Å². The maximum absolute atomic E-state index is 12.6. The number of hydrogen-bond donors (Lipinski definition) is 1. The third-order valence-electron chi connectivity index (χ3n) is 4.07. The van der Waals surface area contributed by atoms with Gasteiger partial charge in [-0.2, -0.15) is 0 Å². The molecule has 1 fully saturated rings. The fourth-order valence-electron chi connectivity index (χ4n) is 2.83. The largest absolute Gasteiger partial charge is 0.335 e. The number of quaternary nitrogens is 1. The average Bonchev–Trinajstić information content (AvgIpc) is 2.85. The molecule has 0 radical (unpaired) electrons. The minimum absolute atomic E-state index is 0.202. The van der Waals surface area contributed by atoms with E-state index in [1.807, 2.05) is 23.5 Å². The van der Waals surface area contributed by atoms with Gasteiger partial charge in [0.2, 0.25) is 5.91 Å². The summed E-state index contributed by atoms with van der Waals surface area (Å²) >= 11 is 11.9. The summed E-state index contributed by atoms with van der Waals surface area (Å²) < 4.78 is 0. The second-order valence-electron chi connectivity index (χ2n) is 5.74. The number of hydrogen-bond acceptors (Lipinski definition) is 2. The highest BCUT2D eigenvalue weighted by Gasteiger charge is 2.42. The lowest BCUT2D eigenvalue weighted by atomic mass is 10.1. The van der Waals surface area contributed by atoms with Crippen molar-refractivity contribution in [2.24, 2.45) is 0 Å². The summed E-state index contributed by atoms with van der Waals surface area (Å²) in [5, 5.41) is 2.65. The summed E-state index contributed by atoms with van der Waals surface area (Å²) in [6, 6.07) is 14.5. The van der Waals surface area contributed by atoms with Crippen molar-refractivity contribution in [1.29, 1.82) is 0 Å². The van der Waals surface area contributed by atoms with Crippen LogP contribution < -0.4 is 10.2 Å². The van der Waals surface area contributed by atoms with Gasteiger partial charge in [0.05, 0.1) is 28.7 Å². The molecule has 6 heteroatoms. The van der Waals surface area contributed by atoms with Crippen molar-refractivity contribution in [3.8, 4) is 0 Å². The zero-order valence-corrected chi connectivity index (χ0v) is 14.4. The van der Waals surface area contributed by atoms with Crippen molar-refractivity contribution < 1.29 is 14.9 Å². The summed E-state index contributed by atoms with van der Waals surface area (Å²) in [5.74, 6) is -0.411. The molecular formula is C18H17Cl2N2O2+. The predicted molar refractivity (Wildman–Crippen MR) is 94.3 cm³/mol. The molecule has 1 saturated heterocycles. The highest BCUT2D eigenvalue weighted by molar-refractivity contribution is 6.42. The number of nitrogens with two attached hydrogens (primary N) is 1. The Labute approximate surface area is 150 Å². The van der Waals surface area contributed by atoms with Crippen molar-refractivity contribution in [1.82, 2.24) is 0 Å². The Kier molecular flexibility index (Phi) is 5.19. The molecule has 0 saturated carbocycles. The first kappa shape index (κ1) is 17.0. The van der Waals surface area contributed by atoms with Crippen LogP contribution in [-0.4, -0.2) is 24.4 Å². The highest BCUT2D eigenvalue weighted by atomic mass is 35.5. The molecule has 2 aromatic rings. The first-order valence-corrected chi connectivity index (χ1v) is 8.51. The van der Waals surface area contributed by atoms with E-state index in [2.05, 4.69) is 12.1 Å². The van der Waals surface area contributed by atoms with Crippen LogP contribution in [0.2, 0.25) is 10.0 Å². The van der Waals surface area contributed by atoms with E-state index in [1.54, 1.807) is 18.2 Å². The third-order valence-corrected chi connectivity index (χ3v) is 4.81. The molecule has 3 rings (SSSR count).